The third-order valence-electron chi connectivity index (χ3n) is 2.05. The van der Waals surface area contributed by atoms with Gasteiger partial charge >= 0.3 is 0 Å². The minimum absolute atomic E-state index is 0.154. The van der Waals surface area contributed by atoms with Crippen molar-refractivity contribution < 1.29 is 0 Å². The molecular weight excluding hydrogens is 160 g/mol. The molecular formula is C11H22N2. The summed E-state index contributed by atoms with van der Waals surface area (Å²) < 4.78 is 0. The zero-order valence-electron chi connectivity index (χ0n) is 8.87. The molecule has 1 atom stereocenters. The molecule has 1 unspecified atom stereocenters. The van der Waals surface area contributed by atoms with Crippen LogP contribution in [0, 0.1) is 0 Å². The topological polar surface area (TPSA) is 29.3 Å². The number of hydrogen-bond donors (Lipinski definition) is 1. The summed E-state index contributed by atoms with van der Waals surface area (Å²) in [6, 6.07) is 0. The monoisotopic (exact) mass is 182 g/mol. The lowest BCUT2D eigenvalue weighted by Gasteiger charge is -2.19. The summed E-state index contributed by atoms with van der Waals surface area (Å²) in [6.07, 6.45) is 9.76. The van der Waals surface area contributed by atoms with E-state index in [1.807, 2.05) is 20.0 Å². The van der Waals surface area contributed by atoms with E-state index in [2.05, 4.69) is 23.6 Å². The fourth-order valence-electron chi connectivity index (χ4n) is 0.932. The van der Waals surface area contributed by atoms with Gasteiger partial charge in [-0.3, -0.25) is 4.90 Å². The number of rotatable bonds is 7. The third kappa shape index (κ3) is 7.75. The van der Waals surface area contributed by atoms with Crippen molar-refractivity contribution in [3.05, 3.63) is 24.8 Å². The summed E-state index contributed by atoms with van der Waals surface area (Å²) >= 11 is 0. The largest absolute Gasteiger partial charge is 0.316 e. The first-order chi connectivity index (χ1) is 6.18. The molecule has 0 saturated heterocycles. The molecule has 0 aliphatic rings. The van der Waals surface area contributed by atoms with Crippen LogP contribution in [0.25, 0.3) is 0 Å². The summed E-state index contributed by atoms with van der Waals surface area (Å²) in [6.45, 7) is 6.70. The van der Waals surface area contributed by atoms with Crippen LogP contribution in [0.2, 0.25) is 0 Å². The second kappa shape index (κ2) is 8.02. The second-order valence-corrected chi connectivity index (χ2v) is 3.35. The molecule has 0 heterocycles. The van der Waals surface area contributed by atoms with Gasteiger partial charge in [0.15, 0.2) is 0 Å². The summed E-state index contributed by atoms with van der Waals surface area (Å²) in [7, 11) is 2.04. The van der Waals surface area contributed by atoms with Gasteiger partial charge in [0.05, 0.1) is 6.17 Å². The maximum atomic E-state index is 5.69. The zero-order chi connectivity index (χ0) is 10.1. The van der Waals surface area contributed by atoms with E-state index >= 15 is 0 Å². The van der Waals surface area contributed by atoms with E-state index in [-0.39, 0.29) is 6.17 Å². The Balaban J connectivity index is 3.33. The fraction of sp³-hybridized carbons (Fsp3) is 0.636. The molecule has 0 bridgehead atoms. The highest BCUT2D eigenvalue weighted by atomic mass is 15.2. The van der Waals surface area contributed by atoms with Crippen LogP contribution >= 0.6 is 0 Å². The van der Waals surface area contributed by atoms with E-state index in [0.717, 1.165) is 25.8 Å². The van der Waals surface area contributed by atoms with Crippen molar-refractivity contribution in [2.45, 2.75) is 32.4 Å². The molecule has 0 saturated carbocycles. The molecule has 0 aromatic heterocycles. The SMILES string of the molecule is C=CCCC=CCCN(C)C(C)N. The molecule has 0 rings (SSSR count). The van der Waals surface area contributed by atoms with Gasteiger partial charge in [-0.1, -0.05) is 18.2 Å². The average molecular weight is 182 g/mol. The molecule has 0 aliphatic carbocycles. The Morgan fingerprint density at radius 3 is 2.46 bits per heavy atom. The molecule has 2 N–H and O–H groups in total. The summed E-state index contributed by atoms with van der Waals surface area (Å²) in [5.41, 5.74) is 5.69. The highest BCUT2D eigenvalue weighted by Gasteiger charge is 1.99. The van der Waals surface area contributed by atoms with Crippen molar-refractivity contribution >= 4 is 0 Å². The average Bonchev–Trinajstić information content (AvgIpc) is 2.10. The second-order valence-electron chi connectivity index (χ2n) is 3.35. The molecule has 0 fully saturated rings. The summed E-state index contributed by atoms with van der Waals surface area (Å²) in [4.78, 5) is 2.14. The van der Waals surface area contributed by atoms with Crippen LogP contribution in [0.4, 0.5) is 0 Å². The predicted molar refractivity (Wildman–Crippen MR) is 59.5 cm³/mol. The van der Waals surface area contributed by atoms with Gasteiger partial charge in [0.25, 0.3) is 0 Å². The smallest absolute Gasteiger partial charge is 0.0540 e. The van der Waals surface area contributed by atoms with E-state index in [9.17, 15) is 0 Å². The van der Waals surface area contributed by atoms with E-state index in [1.165, 1.54) is 0 Å². The van der Waals surface area contributed by atoms with E-state index in [1.54, 1.807) is 0 Å². The molecule has 2 nitrogen and oxygen atoms in total. The van der Waals surface area contributed by atoms with Crippen LogP contribution in [0.15, 0.2) is 24.8 Å². The Labute approximate surface area is 82.1 Å². The lowest BCUT2D eigenvalue weighted by molar-refractivity contribution is 0.268. The van der Waals surface area contributed by atoms with E-state index in [0.29, 0.717) is 0 Å². The molecule has 0 radical (unpaired) electrons. The number of nitrogens with zero attached hydrogens (tertiary/aromatic N) is 1. The number of hydrogen-bond acceptors (Lipinski definition) is 2. The van der Waals surface area contributed by atoms with Gasteiger partial charge in [-0.25, -0.2) is 0 Å². The van der Waals surface area contributed by atoms with Crippen LogP contribution in [-0.2, 0) is 0 Å². The quantitative estimate of drug-likeness (QED) is 0.371. The first-order valence-corrected chi connectivity index (χ1v) is 4.90. The van der Waals surface area contributed by atoms with Gasteiger partial charge in [0, 0.05) is 6.54 Å². The lowest BCUT2D eigenvalue weighted by Crippen LogP contribution is -2.36. The molecule has 2 heteroatoms. The van der Waals surface area contributed by atoms with Gasteiger partial charge in [-0.05, 0) is 33.2 Å². The van der Waals surface area contributed by atoms with Crippen LogP contribution in [-0.4, -0.2) is 24.7 Å². The van der Waals surface area contributed by atoms with Crippen LogP contribution < -0.4 is 5.73 Å². The van der Waals surface area contributed by atoms with Crippen molar-refractivity contribution in [1.29, 1.82) is 0 Å². The summed E-state index contributed by atoms with van der Waals surface area (Å²) in [5, 5.41) is 0. The van der Waals surface area contributed by atoms with Crippen LogP contribution in [0.5, 0.6) is 0 Å². The number of nitrogens with two attached hydrogens (primary N) is 1. The fourth-order valence-corrected chi connectivity index (χ4v) is 0.932. The summed E-state index contributed by atoms with van der Waals surface area (Å²) in [5.74, 6) is 0. The Morgan fingerprint density at radius 2 is 1.92 bits per heavy atom. The van der Waals surface area contributed by atoms with Crippen molar-refractivity contribution in [3.8, 4) is 0 Å². The first-order valence-electron chi connectivity index (χ1n) is 4.90. The molecule has 0 aliphatic heterocycles. The Kier molecular flexibility index (Phi) is 7.65. The zero-order valence-corrected chi connectivity index (χ0v) is 8.87. The predicted octanol–water partition coefficient (Wildman–Crippen LogP) is 2.14. The van der Waals surface area contributed by atoms with E-state index < -0.39 is 0 Å². The van der Waals surface area contributed by atoms with Gasteiger partial charge in [0.1, 0.15) is 0 Å². The maximum absolute atomic E-state index is 5.69. The highest BCUT2D eigenvalue weighted by Crippen LogP contribution is 1.95. The Bertz CT molecular complexity index is 150. The van der Waals surface area contributed by atoms with Gasteiger partial charge in [-0.2, -0.15) is 0 Å². The van der Waals surface area contributed by atoms with Crippen LogP contribution in [0.3, 0.4) is 0 Å². The third-order valence-corrected chi connectivity index (χ3v) is 2.05. The highest BCUT2D eigenvalue weighted by molar-refractivity contribution is 4.85. The molecule has 13 heavy (non-hydrogen) atoms. The van der Waals surface area contributed by atoms with Crippen molar-refractivity contribution in [3.63, 3.8) is 0 Å². The Hall–Kier alpha value is -0.600. The lowest BCUT2D eigenvalue weighted by atomic mass is 10.2. The molecule has 0 aromatic rings. The molecule has 0 amide bonds. The van der Waals surface area contributed by atoms with Gasteiger partial charge in [0.2, 0.25) is 0 Å². The minimum atomic E-state index is 0.154. The van der Waals surface area contributed by atoms with Gasteiger partial charge in [-0.15, -0.1) is 6.58 Å². The standard InChI is InChI=1S/C11H22N2/c1-4-5-6-7-8-9-10-13(3)11(2)12/h4,7-8,11H,1,5-6,9-10,12H2,2-3H3. The Morgan fingerprint density at radius 1 is 1.31 bits per heavy atom. The van der Waals surface area contributed by atoms with Crippen molar-refractivity contribution in [1.82, 2.24) is 4.90 Å². The molecule has 0 spiro atoms. The van der Waals surface area contributed by atoms with E-state index in [4.69, 9.17) is 5.73 Å². The number of unbranched alkanes of at least 4 members (excludes halogenated alkanes) is 1. The maximum Gasteiger partial charge on any atom is 0.0540 e. The van der Waals surface area contributed by atoms with Crippen molar-refractivity contribution in [2.24, 2.45) is 5.73 Å². The molecule has 0 aromatic carbocycles. The minimum Gasteiger partial charge on any atom is -0.316 e. The molecule has 76 valence electrons. The first kappa shape index (κ1) is 12.4. The van der Waals surface area contributed by atoms with Gasteiger partial charge < -0.3 is 5.73 Å². The normalized spacial score (nSPS) is 13.8. The van der Waals surface area contributed by atoms with Crippen LogP contribution in [0.1, 0.15) is 26.2 Å². The number of allylic oxidation sites excluding steroid dienone is 2. The van der Waals surface area contributed by atoms with Crippen molar-refractivity contribution in [2.75, 3.05) is 13.6 Å².